The third-order valence-electron chi connectivity index (χ3n) is 2.55. The molecule has 0 radical (unpaired) electrons. The molecule has 0 aliphatic rings. The van der Waals surface area contributed by atoms with E-state index in [-0.39, 0.29) is 5.91 Å². The molecule has 1 N–H and O–H groups in total. The lowest BCUT2D eigenvalue weighted by molar-refractivity contribution is 0.102. The van der Waals surface area contributed by atoms with E-state index in [2.05, 4.69) is 10.3 Å². The Morgan fingerprint density at radius 3 is 2.70 bits per heavy atom. The Kier molecular flexibility index (Phi) is 4.81. The summed E-state index contributed by atoms with van der Waals surface area (Å²) >= 11 is 7.00. The SMILES string of the molecule is COc1ccc(C(=O)Nc2nc(CCl)cs2)cc1OC. The van der Waals surface area contributed by atoms with Gasteiger partial charge in [0, 0.05) is 10.9 Å². The zero-order valence-corrected chi connectivity index (χ0v) is 12.5. The molecule has 106 valence electrons. The van der Waals surface area contributed by atoms with Gasteiger partial charge in [-0.2, -0.15) is 0 Å². The second-order valence-electron chi connectivity index (χ2n) is 3.80. The van der Waals surface area contributed by atoms with Crippen molar-refractivity contribution < 1.29 is 14.3 Å². The van der Waals surface area contributed by atoms with E-state index < -0.39 is 0 Å². The van der Waals surface area contributed by atoms with Gasteiger partial charge in [0.2, 0.25) is 0 Å². The number of carbonyl (C=O) groups is 1. The fourth-order valence-corrected chi connectivity index (χ4v) is 2.51. The maximum Gasteiger partial charge on any atom is 0.257 e. The van der Waals surface area contributed by atoms with Gasteiger partial charge in [0.1, 0.15) is 0 Å². The van der Waals surface area contributed by atoms with Gasteiger partial charge in [-0.15, -0.1) is 22.9 Å². The van der Waals surface area contributed by atoms with Crippen molar-refractivity contribution in [3.63, 3.8) is 0 Å². The van der Waals surface area contributed by atoms with Gasteiger partial charge in [-0.05, 0) is 18.2 Å². The third kappa shape index (κ3) is 3.20. The first-order valence-corrected chi connectivity index (χ1v) is 7.13. The molecule has 0 spiro atoms. The second kappa shape index (κ2) is 6.58. The number of benzene rings is 1. The monoisotopic (exact) mass is 312 g/mol. The van der Waals surface area contributed by atoms with Gasteiger partial charge in [0.05, 0.1) is 25.8 Å². The molecule has 0 bridgehead atoms. The van der Waals surface area contributed by atoms with Crippen LogP contribution in [0.3, 0.4) is 0 Å². The van der Waals surface area contributed by atoms with Crippen LogP contribution in [0.15, 0.2) is 23.6 Å². The molecule has 1 amide bonds. The number of halogens is 1. The van der Waals surface area contributed by atoms with Crippen molar-refractivity contribution in [3.05, 3.63) is 34.8 Å². The molecule has 2 rings (SSSR count). The molecule has 7 heteroatoms. The molecule has 0 fully saturated rings. The number of alkyl halides is 1. The molecule has 1 aromatic carbocycles. The number of hydrogen-bond donors (Lipinski definition) is 1. The lowest BCUT2D eigenvalue weighted by Gasteiger charge is -2.09. The molecule has 1 aromatic heterocycles. The van der Waals surface area contributed by atoms with E-state index in [0.717, 1.165) is 5.69 Å². The van der Waals surface area contributed by atoms with Gasteiger partial charge in [-0.25, -0.2) is 4.98 Å². The van der Waals surface area contributed by atoms with Gasteiger partial charge >= 0.3 is 0 Å². The van der Waals surface area contributed by atoms with E-state index in [0.29, 0.717) is 28.1 Å². The third-order valence-corrected chi connectivity index (χ3v) is 3.64. The van der Waals surface area contributed by atoms with Crippen molar-refractivity contribution in [2.24, 2.45) is 0 Å². The standard InChI is InChI=1S/C13H13ClN2O3S/c1-18-10-4-3-8(5-11(10)19-2)12(17)16-13-15-9(6-14)7-20-13/h3-5,7H,6H2,1-2H3,(H,15,16,17). The molecular formula is C13H13ClN2O3S. The highest BCUT2D eigenvalue weighted by molar-refractivity contribution is 7.14. The number of anilines is 1. The van der Waals surface area contributed by atoms with Crippen LogP contribution in [-0.4, -0.2) is 25.1 Å². The summed E-state index contributed by atoms with van der Waals surface area (Å²) in [6.45, 7) is 0. The summed E-state index contributed by atoms with van der Waals surface area (Å²) in [4.78, 5) is 16.3. The summed E-state index contributed by atoms with van der Waals surface area (Å²) in [6.07, 6.45) is 0. The van der Waals surface area contributed by atoms with Gasteiger partial charge in [0.15, 0.2) is 16.6 Å². The summed E-state index contributed by atoms with van der Waals surface area (Å²) in [7, 11) is 3.06. The van der Waals surface area contributed by atoms with E-state index in [1.807, 2.05) is 0 Å². The smallest absolute Gasteiger partial charge is 0.257 e. The van der Waals surface area contributed by atoms with E-state index in [1.54, 1.807) is 30.7 Å². The van der Waals surface area contributed by atoms with Gasteiger partial charge in [0.25, 0.3) is 5.91 Å². The summed E-state index contributed by atoms with van der Waals surface area (Å²) in [6, 6.07) is 4.96. The zero-order valence-electron chi connectivity index (χ0n) is 11.0. The molecule has 0 aliphatic heterocycles. The Morgan fingerprint density at radius 2 is 2.10 bits per heavy atom. The molecule has 0 saturated heterocycles. The number of aromatic nitrogens is 1. The fraction of sp³-hybridized carbons (Fsp3) is 0.231. The van der Waals surface area contributed by atoms with Crippen LogP contribution in [0.2, 0.25) is 0 Å². The van der Waals surface area contributed by atoms with Crippen LogP contribution in [0.1, 0.15) is 16.1 Å². The Morgan fingerprint density at radius 1 is 1.35 bits per heavy atom. The van der Waals surface area contributed by atoms with Crippen molar-refractivity contribution in [3.8, 4) is 11.5 Å². The highest BCUT2D eigenvalue weighted by atomic mass is 35.5. The van der Waals surface area contributed by atoms with Crippen molar-refractivity contribution in [2.75, 3.05) is 19.5 Å². The minimum absolute atomic E-state index is 0.263. The van der Waals surface area contributed by atoms with Crippen LogP contribution in [0.5, 0.6) is 11.5 Å². The molecule has 0 saturated carbocycles. The lowest BCUT2D eigenvalue weighted by Crippen LogP contribution is -2.12. The Hall–Kier alpha value is -1.79. The van der Waals surface area contributed by atoms with Crippen LogP contribution in [-0.2, 0) is 5.88 Å². The van der Waals surface area contributed by atoms with Crippen molar-refractivity contribution in [1.82, 2.24) is 4.98 Å². The van der Waals surface area contributed by atoms with Crippen LogP contribution >= 0.6 is 22.9 Å². The van der Waals surface area contributed by atoms with Crippen molar-refractivity contribution in [2.45, 2.75) is 5.88 Å². The molecule has 2 aromatic rings. The summed E-state index contributed by atoms with van der Waals surface area (Å²) in [5, 5.41) is 5.03. The second-order valence-corrected chi connectivity index (χ2v) is 4.93. The molecule has 0 atom stereocenters. The molecular weight excluding hydrogens is 300 g/mol. The number of hydrogen-bond acceptors (Lipinski definition) is 5. The van der Waals surface area contributed by atoms with Crippen molar-refractivity contribution >= 4 is 34.0 Å². The van der Waals surface area contributed by atoms with E-state index in [9.17, 15) is 4.79 Å². The average Bonchev–Trinajstić information content (AvgIpc) is 2.94. The fourth-order valence-electron chi connectivity index (χ4n) is 1.57. The predicted octanol–water partition coefficient (Wildman–Crippen LogP) is 3.15. The number of nitrogens with zero attached hydrogens (tertiary/aromatic N) is 1. The minimum atomic E-state index is -0.263. The predicted molar refractivity (Wildman–Crippen MR) is 79.2 cm³/mol. The zero-order chi connectivity index (χ0) is 14.5. The number of rotatable bonds is 5. The maximum absolute atomic E-state index is 12.1. The first-order chi connectivity index (χ1) is 9.67. The van der Waals surface area contributed by atoms with Crippen LogP contribution in [0.4, 0.5) is 5.13 Å². The summed E-state index contributed by atoms with van der Waals surface area (Å²) in [5.74, 6) is 1.13. The van der Waals surface area contributed by atoms with E-state index in [1.165, 1.54) is 18.4 Å². The Bertz CT molecular complexity index is 615. The molecule has 1 heterocycles. The number of methoxy groups -OCH3 is 2. The number of ether oxygens (including phenoxy) is 2. The van der Waals surface area contributed by atoms with E-state index in [4.69, 9.17) is 21.1 Å². The molecule has 0 unspecified atom stereocenters. The first-order valence-electron chi connectivity index (χ1n) is 5.71. The average molecular weight is 313 g/mol. The number of thiazole rings is 1. The highest BCUT2D eigenvalue weighted by Crippen LogP contribution is 2.28. The maximum atomic E-state index is 12.1. The quantitative estimate of drug-likeness (QED) is 0.862. The van der Waals surface area contributed by atoms with E-state index >= 15 is 0 Å². The summed E-state index contributed by atoms with van der Waals surface area (Å²) < 4.78 is 10.3. The van der Waals surface area contributed by atoms with Gasteiger partial charge < -0.3 is 9.47 Å². The topological polar surface area (TPSA) is 60.5 Å². The molecule has 0 aliphatic carbocycles. The highest BCUT2D eigenvalue weighted by Gasteiger charge is 2.12. The van der Waals surface area contributed by atoms with Crippen molar-refractivity contribution in [1.29, 1.82) is 0 Å². The van der Waals surface area contributed by atoms with Crippen LogP contribution in [0, 0.1) is 0 Å². The largest absolute Gasteiger partial charge is 0.493 e. The molecule has 20 heavy (non-hydrogen) atoms. The minimum Gasteiger partial charge on any atom is -0.493 e. The first kappa shape index (κ1) is 14.6. The Labute approximate surface area is 125 Å². The lowest BCUT2D eigenvalue weighted by atomic mass is 10.2. The number of amides is 1. The number of nitrogens with one attached hydrogen (secondary N) is 1. The number of carbonyl (C=O) groups excluding carboxylic acids is 1. The summed E-state index contributed by atoms with van der Waals surface area (Å²) in [5.41, 5.74) is 1.20. The Balaban J connectivity index is 2.16. The van der Waals surface area contributed by atoms with Gasteiger partial charge in [-0.1, -0.05) is 0 Å². The normalized spacial score (nSPS) is 10.2. The van der Waals surface area contributed by atoms with Crippen LogP contribution in [0.25, 0.3) is 0 Å². The van der Waals surface area contributed by atoms with Gasteiger partial charge in [-0.3, -0.25) is 10.1 Å². The molecule has 5 nitrogen and oxygen atoms in total. The van der Waals surface area contributed by atoms with Crippen LogP contribution < -0.4 is 14.8 Å².